The molecule has 4 heteroatoms. The number of hydrogen-bond acceptors (Lipinski definition) is 3. The van der Waals surface area contributed by atoms with Crippen molar-refractivity contribution < 1.29 is 8.95 Å². The van der Waals surface area contributed by atoms with Crippen LogP contribution in [0, 0.1) is 0 Å². The van der Waals surface area contributed by atoms with Crippen molar-refractivity contribution in [1.82, 2.24) is 5.32 Å². The Morgan fingerprint density at radius 2 is 1.89 bits per heavy atom. The highest BCUT2D eigenvalue weighted by Gasteiger charge is 2.04. The van der Waals surface area contributed by atoms with E-state index < -0.39 is 10.8 Å². The van der Waals surface area contributed by atoms with Crippen LogP contribution in [0.1, 0.15) is 24.5 Å². The molecular formula is C14H23NO2S. The lowest BCUT2D eigenvalue weighted by atomic mass is 10.1. The van der Waals surface area contributed by atoms with Crippen molar-refractivity contribution in [2.24, 2.45) is 0 Å². The van der Waals surface area contributed by atoms with Crippen LogP contribution in [0.2, 0.25) is 0 Å². The van der Waals surface area contributed by atoms with Crippen molar-refractivity contribution in [3.8, 4) is 0 Å². The van der Waals surface area contributed by atoms with Crippen molar-refractivity contribution in [3.05, 3.63) is 35.4 Å². The molecule has 0 aliphatic rings. The van der Waals surface area contributed by atoms with E-state index in [0.717, 1.165) is 19.5 Å². The standard InChI is InChI=1S/C14H23NO2S/c1-12(18(3)16)8-9-15-10-13-4-6-14(7-5-13)11-17-2/h4-7,12,15H,8-11H2,1-3H3. The minimum Gasteiger partial charge on any atom is -0.380 e. The Kier molecular flexibility index (Phi) is 7.16. The van der Waals surface area contributed by atoms with Crippen LogP contribution in [0.3, 0.4) is 0 Å². The molecule has 1 N–H and O–H groups in total. The van der Waals surface area contributed by atoms with E-state index in [1.165, 1.54) is 11.1 Å². The maximum absolute atomic E-state index is 11.2. The van der Waals surface area contributed by atoms with Crippen LogP contribution >= 0.6 is 0 Å². The Balaban J connectivity index is 2.25. The first-order valence-corrected chi connectivity index (χ1v) is 7.85. The fourth-order valence-corrected chi connectivity index (χ4v) is 2.07. The SMILES string of the molecule is COCc1ccc(CNCCC(C)S(C)=O)cc1. The minimum atomic E-state index is -0.718. The first kappa shape index (κ1) is 15.3. The number of rotatable bonds is 8. The van der Waals surface area contributed by atoms with Gasteiger partial charge in [0.1, 0.15) is 0 Å². The second-order valence-corrected chi connectivity index (χ2v) is 6.33. The molecule has 2 atom stereocenters. The maximum atomic E-state index is 11.2. The normalized spacial score (nSPS) is 14.4. The molecule has 0 aliphatic carbocycles. The number of nitrogens with one attached hydrogen (secondary N) is 1. The van der Waals surface area contributed by atoms with Gasteiger partial charge in [-0.15, -0.1) is 0 Å². The third-order valence-corrected chi connectivity index (χ3v) is 4.33. The quantitative estimate of drug-likeness (QED) is 0.734. The minimum absolute atomic E-state index is 0.265. The third-order valence-electron chi connectivity index (χ3n) is 2.96. The summed E-state index contributed by atoms with van der Waals surface area (Å²) in [5, 5.41) is 3.64. The predicted octanol–water partition coefficient (Wildman–Crippen LogP) is 2.08. The number of methoxy groups -OCH3 is 1. The Morgan fingerprint density at radius 3 is 2.44 bits per heavy atom. The smallest absolute Gasteiger partial charge is 0.0713 e. The van der Waals surface area contributed by atoms with Crippen molar-refractivity contribution in [3.63, 3.8) is 0 Å². The molecule has 0 spiro atoms. The lowest BCUT2D eigenvalue weighted by Gasteiger charge is -2.09. The topological polar surface area (TPSA) is 38.3 Å². The molecule has 18 heavy (non-hydrogen) atoms. The number of ether oxygens (including phenoxy) is 1. The van der Waals surface area contributed by atoms with Gasteiger partial charge in [-0.25, -0.2) is 0 Å². The molecule has 0 radical (unpaired) electrons. The molecule has 0 bridgehead atoms. The van der Waals surface area contributed by atoms with E-state index in [1.807, 2.05) is 6.92 Å². The summed E-state index contributed by atoms with van der Waals surface area (Å²) in [5.74, 6) is 0. The van der Waals surface area contributed by atoms with Crippen LogP contribution < -0.4 is 5.32 Å². The number of benzene rings is 1. The molecule has 1 aromatic rings. The molecule has 102 valence electrons. The molecule has 0 fully saturated rings. The zero-order chi connectivity index (χ0) is 13.4. The van der Waals surface area contributed by atoms with Gasteiger partial charge in [0, 0.05) is 36.0 Å². The van der Waals surface area contributed by atoms with Crippen LogP contribution in [0.5, 0.6) is 0 Å². The molecular weight excluding hydrogens is 246 g/mol. The lowest BCUT2D eigenvalue weighted by Crippen LogP contribution is -2.20. The molecule has 3 nitrogen and oxygen atoms in total. The summed E-state index contributed by atoms with van der Waals surface area (Å²) in [6, 6.07) is 8.40. The first-order chi connectivity index (χ1) is 8.63. The van der Waals surface area contributed by atoms with Crippen molar-refractivity contribution in [1.29, 1.82) is 0 Å². The average molecular weight is 269 g/mol. The van der Waals surface area contributed by atoms with Crippen molar-refractivity contribution in [2.75, 3.05) is 19.9 Å². The highest BCUT2D eigenvalue weighted by molar-refractivity contribution is 7.84. The molecule has 0 aliphatic heterocycles. The van der Waals surface area contributed by atoms with Crippen LogP contribution in [0.25, 0.3) is 0 Å². The zero-order valence-corrected chi connectivity index (χ0v) is 12.3. The third kappa shape index (κ3) is 5.76. The second kappa shape index (κ2) is 8.40. The first-order valence-electron chi connectivity index (χ1n) is 6.23. The van der Waals surface area contributed by atoms with Gasteiger partial charge in [-0.1, -0.05) is 31.2 Å². The summed E-state index contributed by atoms with van der Waals surface area (Å²) in [4.78, 5) is 0. The van der Waals surface area contributed by atoms with E-state index in [4.69, 9.17) is 4.74 Å². The Hall–Kier alpha value is -0.710. The van der Waals surface area contributed by atoms with Gasteiger partial charge in [0.25, 0.3) is 0 Å². The van der Waals surface area contributed by atoms with Gasteiger partial charge in [-0.3, -0.25) is 4.21 Å². The van der Waals surface area contributed by atoms with Gasteiger partial charge < -0.3 is 10.1 Å². The summed E-state index contributed by atoms with van der Waals surface area (Å²) in [6.07, 6.45) is 2.71. The van der Waals surface area contributed by atoms with E-state index in [9.17, 15) is 4.21 Å². The Bertz CT molecular complexity index is 365. The van der Waals surface area contributed by atoms with Crippen molar-refractivity contribution in [2.45, 2.75) is 31.7 Å². The molecule has 0 saturated heterocycles. The monoisotopic (exact) mass is 269 g/mol. The molecule has 1 aromatic carbocycles. The summed E-state index contributed by atoms with van der Waals surface area (Å²) >= 11 is 0. The molecule has 0 saturated carbocycles. The van der Waals surface area contributed by atoms with Gasteiger partial charge in [0.15, 0.2) is 0 Å². The maximum Gasteiger partial charge on any atom is 0.0713 e. The van der Waals surface area contributed by atoms with E-state index in [1.54, 1.807) is 13.4 Å². The lowest BCUT2D eigenvalue weighted by molar-refractivity contribution is 0.185. The van der Waals surface area contributed by atoms with Crippen LogP contribution in [0.4, 0.5) is 0 Å². The zero-order valence-electron chi connectivity index (χ0n) is 11.4. The summed E-state index contributed by atoms with van der Waals surface area (Å²) < 4.78 is 16.2. The van der Waals surface area contributed by atoms with Crippen LogP contribution in [-0.2, 0) is 28.7 Å². The molecule has 1 rings (SSSR count). The van der Waals surface area contributed by atoms with E-state index in [0.29, 0.717) is 6.61 Å². The largest absolute Gasteiger partial charge is 0.380 e. The van der Waals surface area contributed by atoms with E-state index in [2.05, 4.69) is 29.6 Å². The van der Waals surface area contributed by atoms with E-state index >= 15 is 0 Å². The average Bonchev–Trinajstić information content (AvgIpc) is 2.36. The van der Waals surface area contributed by atoms with Gasteiger partial charge in [-0.2, -0.15) is 0 Å². The molecule has 0 heterocycles. The second-order valence-electron chi connectivity index (χ2n) is 4.52. The number of hydrogen-bond donors (Lipinski definition) is 1. The Morgan fingerprint density at radius 1 is 1.28 bits per heavy atom. The molecule has 0 aromatic heterocycles. The van der Waals surface area contributed by atoms with Gasteiger partial charge in [-0.05, 0) is 24.1 Å². The van der Waals surface area contributed by atoms with Gasteiger partial charge in [0.05, 0.1) is 6.61 Å². The van der Waals surface area contributed by atoms with E-state index in [-0.39, 0.29) is 5.25 Å². The molecule has 2 unspecified atom stereocenters. The summed E-state index contributed by atoms with van der Waals surface area (Å²) in [7, 11) is 0.985. The van der Waals surface area contributed by atoms with Gasteiger partial charge in [0.2, 0.25) is 0 Å². The molecule has 0 amide bonds. The predicted molar refractivity (Wildman–Crippen MR) is 77.0 cm³/mol. The highest BCUT2D eigenvalue weighted by atomic mass is 32.2. The van der Waals surface area contributed by atoms with Crippen LogP contribution in [-0.4, -0.2) is 29.4 Å². The fraction of sp³-hybridized carbons (Fsp3) is 0.571. The highest BCUT2D eigenvalue weighted by Crippen LogP contribution is 2.05. The Labute approximate surface area is 112 Å². The van der Waals surface area contributed by atoms with Crippen LogP contribution in [0.15, 0.2) is 24.3 Å². The fourth-order valence-electron chi connectivity index (χ4n) is 1.62. The van der Waals surface area contributed by atoms with Gasteiger partial charge >= 0.3 is 0 Å². The summed E-state index contributed by atoms with van der Waals surface area (Å²) in [5.41, 5.74) is 2.45. The van der Waals surface area contributed by atoms with Crippen molar-refractivity contribution >= 4 is 10.8 Å². The summed E-state index contributed by atoms with van der Waals surface area (Å²) in [6.45, 7) is 4.45.